The molecule has 0 N–H and O–H groups in total. The zero-order valence-corrected chi connectivity index (χ0v) is 9.77. The molecule has 0 aromatic carbocycles. The van der Waals surface area contributed by atoms with E-state index in [1.807, 2.05) is 19.3 Å². The maximum absolute atomic E-state index is 4.43. The van der Waals surface area contributed by atoms with E-state index in [1.54, 1.807) is 0 Å². The average molecular weight is 205 g/mol. The van der Waals surface area contributed by atoms with Gasteiger partial charge in [-0.3, -0.25) is 4.98 Å². The molecule has 15 heavy (non-hydrogen) atoms. The Kier molecular flexibility index (Phi) is 2.89. The lowest BCUT2D eigenvalue weighted by atomic mass is 9.96. The van der Waals surface area contributed by atoms with Gasteiger partial charge < -0.3 is 4.90 Å². The van der Waals surface area contributed by atoms with Gasteiger partial charge in [0.05, 0.1) is 18.1 Å². The number of aromatic nitrogens is 2. The predicted molar refractivity (Wildman–Crippen MR) is 61.9 cm³/mol. The Balaban J connectivity index is 2.10. The van der Waals surface area contributed by atoms with Crippen molar-refractivity contribution in [3.63, 3.8) is 0 Å². The first-order valence-corrected chi connectivity index (χ1v) is 5.74. The van der Waals surface area contributed by atoms with E-state index in [0.29, 0.717) is 0 Å². The number of anilines is 1. The molecule has 0 bridgehead atoms. The second-order valence-corrected chi connectivity index (χ2v) is 4.57. The summed E-state index contributed by atoms with van der Waals surface area (Å²) in [7, 11) is 0. The lowest BCUT2D eigenvalue weighted by Crippen LogP contribution is -2.21. The molecule has 82 valence electrons. The van der Waals surface area contributed by atoms with Crippen LogP contribution in [0, 0.1) is 18.8 Å². The van der Waals surface area contributed by atoms with E-state index in [9.17, 15) is 0 Å². The first-order valence-electron chi connectivity index (χ1n) is 5.74. The summed E-state index contributed by atoms with van der Waals surface area (Å²) in [5, 5.41) is 0. The van der Waals surface area contributed by atoms with Gasteiger partial charge >= 0.3 is 0 Å². The van der Waals surface area contributed by atoms with Crippen LogP contribution in [0.4, 0.5) is 5.82 Å². The van der Waals surface area contributed by atoms with Gasteiger partial charge in [0.1, 0.15) is 5.82 Å². The third-order valence-corrected chi connectivity index (χ3v) is 3.38. The van der Waals surface area contributed by atoms with Gasteiger partial charge in [-0.05, 0) is 18.8 Å². The van der Waals surface area contributed by atoms with E-state index < -0.39 is 0 Å². The van der Waals surface area contributed by atoms with Crippen molar-refractivity contribution < 1.29 is 0 Å². The Bertz CT molecular complexity index is 320. The molecule has 2 rings (SSSR count). The van der Waals surface area contributed by atoms with Crippen LogP contribution < -0.4 is 4.90 Å². The molecular weight excluding hydrogens is 186 g/mol. The molecule has 0 radical (unpaired) electrons. The van der Waals surface area contributed by atoms with Gasteiger partial charge in [0, 0.05) is 13.1 Å². The van der Waals surface area contributed by atoms with E-state index >= 15 is 0 Å². The molecule has 2 heterocycles. The molecule has 1 saturated heterocycles. The standard InChI is InChI=1S/C12H19N3/c1-4-11-8-15(7-9(11)2)12-6-13-10(3)5-14-12/h5-6,9,11H,4,7-8H2,1-3H3/t9-,11+/m1/s1. The maximum atomic E-state index is 4.43. The summed E-state index contributed by atoms with van der Waals surface area (Å²) in [6, 6.07) is 0. The van der Waals surface area contributed by atoms with Gasteiger partial charge in [0.25, 0.3) is 0 Å². The number of aryl methyl sites for hydroxylation is 1. The van der Waals surface area contributed by atoms with Gasteiger partial charge in [-0.2, -0.15) is 0 Å². The highest BCUT2D eigenvalue weighted by molar-refractivity contribution is 5.37. The number of nitrogens with zero attached hydrogens (tertiary/aromatic N) is 3. The Hall–Kier alpha value is -1.12. The predicted octanol–water partition coefficient (Wildman–Crippen LogP) is 2.27. The van der Waals surface area contributed by atoms with Crippen LogP contribution in [0.15, 0.2) is 12.4 Å². The zero-order valence-electron chi connectivity index (χ0n) is 9.77. The third-order valence-electron chi connectivity index (χ3n) is 3.38. The van der Waals surface area contributed by atoms with Gasteiger partial charge in [-0.25, -0.2) is 4.98 Å². The van der Waals surface area contributed by atoms with Gasteiger partial charge in [0.15, 0.2) is 0 Å². The van der Waals surface area contributed by atoms with Gasteiger partial charge in [-0.15, -0.1) is 0 Å². The second kappa shape index (κ2) is 4.17. The molecule has 0 spiro atoms. The summed E-state index contributed by atoms with van der Waals surface area (Å²) in [6.07, 6.45) is 5.00. The molecule has 0 unspecified atom stereocenters. The Morgan fingerprint density at radius 3 is 2.67 bits per heavy atom. The van der Waals surface area contributed by atoms with Crippen LogP contribution in [0.2, 0.25) is 0 Å². The van der Waals surface area contributed by atoms with E-state index in [1.165, 1.54) is 6.42 Å². The molecule has 0 aliphatic carbocycles. The first-order chi connectivity index (χ1) is 7.20. The van der Waals surface area contributed by atoms with Crippen LogP contribution in [0.1, 0.15) is 26.0 Å². The monoisotopic (exact) mass is 205 g/mol. The van der Waals surface area contributed by atoms with Gasteiger partial charge in [0.2, 0.25) is 0 Å². The summed E-state index contributed by atoms with van der Waals surface area (Å²) in [6.45, 7) is 8.82. The number of hydrogen-bond acceptors (Lipinski definition) is 3. The summed E-state index contributed by atoms with van der Waals surface area (Å²) >= 11 is 0. The fraction of sp³-hybridized carbons (Fsp3) is 0.667. The van der Waals surface area contributed by atoms with Crippen molar-refractivity contribution in [1.29, 1.82) is 0 Å². The van der Waals surface area contributed by atoms with E-state index in [2.05, 4.69) is 28.7 Å². The average Bonchev–Trinajstić information content (AvgIpc) is 2.61. The minimum Gasteiger partial charge on any atom is -0.355 e. The quantitative estimate of drug-likeness (QED) is 0.741. The lowest BCUT2D eigenvalue weighted by molar-refractivity contribution is 0.440. The largest absolute Gasteiger partial charge is 0.355 e. The molecule has 0 amide bonds. The Morgan fingerprint density at radius 2 is 2.13 bits per heavy atom. The number of hydrogen-bond donors (Lipinski definition) is 0. The normalized spacial score (nSPS) is 25.9. The molecule has 1 aromatic rings. The van der Waals surface area contributed by atoms with Crippen molar-refractivity contribution in [2.45, 2.75) is 27.2 Å². The molecular formula is C12H19N3. The fourth-order valence-electron chi connectivity index (χ4n) is 2.30. The maximum Gasteiger partial charge on any atom is 0.147 e. The van der Waals surface area contributed by atoms with Crippen molar-refractivity contribution in [3.05, 3.63) is 18.1 Å². The molecule has 1 aliphatic rings. The zero-order chi connectivity index (χ0) is 10.8. The summed E-state index contributed by atoms with van der Waals surface area (Å²) in [5.74, 6) is 2.62. The minimum absolute atomic E-state index is 0.776. The third kappa shape index (κ3) is 2.11. The molecule has 3 heteroatoms. The van der Waals surface area contributed by atoms with Crippen LogP contribution in [0.3, 0.4) is 0 Å². The summed E-state index contributed by atoms with van der Waals surface area (Å²) in [4.78, 5) is 11.1. The van der Waals surface area contributed by atoms with E-state index in [0.717, 1.165) is 36.4 Å². The highest BCUT2D eigenvalue weighted by atomic mass is 15.2. The van der Waals surface area contributed by atoms with Crippen LogP contribution in [0.25, 0.3) is 0 Å². The fourth-order valence-corrected chi connectivity index (χ4v) is 2.30. The van der Waals surface area contributed by atoms with E-state index in [-0.39, 0.29) is 0 Å². The van der Waals surface area contributed by atoms with Crippen molar-refractivity contribution >= 4 is 5.82 Å². The van der Waals surface area contributed by atoms with Crippen LogP contribution in [0.5, 0.6) is 0 Å². The second-order valence-electron chi connectivity index (χ2n) is 4.57. The number of rotatable bonds is 2. The smallest absolute Gasteiger partial charge is 0.147 e. The van der Waals surface area contributed by atoms with Crippen LogP contribution in [-0.4, -0.2) is 23.1 Å². The van der Waals surface area contributed by atoms with Gasteiger partial charge in [-0.1, -0.05) is 20.3 Å². The van der Waals surface area contributed by atoms with E-state index in [4.69, 9.17) is 0 Å². The molecule has 1 aromatic heterocycles. The van der Waals surface area contributed by atoms with Crippen molar-refractivity contribution in [1.82, 2.24) is 9.97 Å². The molecule has 1 aliphatic heterocycles. The topological polar surface area (TPSA) is 29.0 Å². The summed E-state index contributed by atoms with van der Waals surface area (Å²) < 4.78 is 0. The summed E-state index contributed by atoms with van der Waals surface area (Å²) in [5.41, 5.74) is 0.984. The molecule has 0 saturated carbocycles. The lowest BCUT2D eigenvalue weighted by Gasteiger charge is -2.16. The van der Waals surface area contributed by atoms with Crippen molar-refractivity contribution in [2.24, 2.45) is 11.8 Å². The van der Waals surface area contributed by atoms with Crippen LogP contribution >= 0.6 is 0 Å². The highest BCUT2D eigenvalue weighted by Crippen LogP contribution is 2.28. The Morgan fingerprint density at radius 1 is 1.33 bits per heavy atom. The minimum atomic E-state index is 0.776. The van der Waals surface area contributed by atoms with Crippen LogP contribution in [-0.2, 0) is 0 Å². The van der Waals surface area contributed by atoms with Crippen molar-refractivity contribution in [2.75, 3.05) is 18.0 Å². The molecule has 2 atom stereocenters. The first kappa shape index (κ1) is 10.4. The Labute approximate surface area is 91.5 Å². The van der Waals surface area contributed by atoms with Crippen molar-refractivity contribution in [3.8, 4) is 0 Å². The molecule has 3 nitrogen and oxygen atoms in total. The SMILES string of the molecule is CC[C@H]1CN(c2cnc(C)cn2)C[C@H]1C. The highest BCUT2D eigenvalue weighted by Gasteiger charge is 2.28. The molecule has 1 fully saturated rings.